The molecule has 0 aromatic carbocycles. The van der Waals surface area contributed by atoms with Crippen LogP contribution in [0.5, 0.6) is 0 Å². The third-order valence-electron chi connectivity index (χ3n) is 8.93. The van der Waals surface area contributed by atoms with Crippen molar-refractivity contribution in [3.8, 4) is 0 Å². The van der Waals surface area contributed by atoms with Gasteiger partial charge < -0.3 is 15.5 Å². The summed E-state index contributed by atoms with van der Waals surface area (Å²) >= 11 is 0. The lowest BCUT2D eigenvalue weighted by Gasteiger charge is -2.20. The molecule has 0 radical (unpaired) electrons. The minimum absolute atomic E-state index is 0.0787. The molecule has 4 heteroatoms. The van der Waals surface area contributed by atoms with E-state index >= 15 is 0 Å². The van der Waals surface area contributed by atoms with E-state index in [1.54, 1.807) is 6.08 Å². The number of carbonyl (C=O) groups is 1. The number of carbonyl (C=O) groups excluding carboxylic acids is 1. The standard InChI is InChI=1S/C40H77NO3/c1-3-5-7-9-11-13-15-16-17-18-19-20-21-22-23-24-25-26-27-29-31-33-35-39(43)38(37-42)41-40(44)36-34-32-30-28-14-12-10-8-6-4-2/h10,12,33,35,38-39,42-43H,3-9,11,13-32,34,36-37H2,1-2H3,(H,41,44)/b12-10-,35-33+. The molecule has 0 aromatic rings. The first-order valence-corrected chi connectivity index (χ1v) is 19.6. The third-order valence-corrected chi connectivity index (χ3v) is 8.93. The molecule has 0 fully saturated rings. The molecular formula is C40H77NO3. The molecular weight excluding hydrogens is 542 g/mol. The maximum atomic E-state index is 12.3. The lowest BCUT2D eigenvalue weighted by Crippen LogP contribution is -2.45. The van der Waals surface area contributed by atoms with Gasteiger partial charge in [-0.15, -0.1) is 0 Å². The molecule has 0 aromatic heterocycles. The van der Waals surface area contributed by atoms with Gasteiger partial charge in [0.25, 0.3) is 0 Å². The van der Waals surface area contributed by atoms with Crippen LogP contribution in [-0.4, -0.2) is 34.9 Å². The van der Waals surface area contributed by atoms with E-state index in [4.69, 9.17) is 0 Å². The van der Waals surface area contributed by atoms with Crippen molar-refractivity contribution in [3.05, 3.63) is 24.3 Å². The Hall–Kier alpha value is -1.13. The smallest absolute Gasteiger partial charge is 0.220 e. The van der Waals surface area contributed by atoms with E-state index in [-0.39, 0.29) is 12.5 Å². The highest BCUT2D eigenvalue weighted by molar-refractivity contribution is 5.76. The van der Waals surface area contributed by atoms with Gasteiger partial charge in [-0.3, -0.25) is 4.79 Å². The average molecular weight is 620 g/mol. The minimum Gasteiger partial charge on any atom is -0.394 e. The van der Waals surface area contributed by atoms with E-state index in [9.17, 15) is 15.0 Å². The van der Waals surface area contributed by atoms with Gasteiger partial charge in [-0.1, -0.05) is 186 Å². The Bertz CT molecular complexity index is 632. The van der Waals surface area contributed by atoms with E-state index in [1.165, 1.54) is 148 Å². The molecule has 0 saturated heterocycles. The van der Waals surface area contributed by atoms with Crippen LogP contribution in [0.25, 0.3) is 0 Å². The highest BCUT2D eigenvalue weighted by Crippen LogP contribution is 2.15. The minimum atomic E-state index is -0.839. The van der Waals surface area contributed by atoms with E-state index in [0.717, 1.165) is 38.5 Å². The molecule has 0 spiro atoms. The lowest BCUT2D eigenvalue weighted by molar-refractivity contribution is -0.123. The summed E-state index contributed by atoms with van der Waals surface area (Å²) in [6.07, 6.45) is 45.7. The number of unbranched alkanes of at least 4 members (excludes halogenated alkanes) is 26. The fourth-order valence-electron chi connectivity index (χ4n) is 5.86. The number of allylic oxidation sites excluding steroid dienone is 3. The highest BCUT2D eigenvalue weighted by atomic mass is 16.3. The maximum absolute atomic E-state index is 12.3. The van der Waals surface area contributed by atoms with Gasteiger partial charge in [0.15, 0.2) is 0 Å². The SMILES string of the molecule is CCCC/C=C\CCCCCCC(=O)NC(CO)C(O)/C=C/CCCCCCCCCCCCCCCCCCCCCC. The second kappa shape index (κ2) is 36.3. The van der Waals surface area contributed by atoms with Crippen molar-refractivity contribution >= 4 is 5.91 Å². The summed E-state index contributed by atoms with van der Waals surface area (Å²) in [7, 11) is 0. The monoisotopic (exact) mass is 620 g/mol. The molecule has 0 aliphatic carbocycles. The molecule has 3 N–H and O–H groups in total. The van der Waals surface area contributed by atoms with E-state index in [2.05, 4.69) is 31.3 Å². The predicted molar refractivity (Wildman–Crippen MR) is 193 cm³/mol. The Labute approximate surface area is 275 Å². The van der Waals surface area contributed by atoms with Gasteiger partial charge in [-0.05, 0) is 38.5 Å². The Balaban J connectivity index is 3.54. The maximum Gasteiger partial charge on any atom is 0.220 e. The van der Waals surface area contributed by atoms with Crippen molar-refractivity contribution in [1.82, 2.24) is 5.32 Å². The van der Waals surface area contributed by atoms with Gasteiger partial charge in [0.1, 0.15) is 0 Å². The number of nitrogens with one attached hydrogen (secondary N) is 1. The van der Waals surface area contributed by atoms with Crippen molar-refractivity contribution in [1.29, 1.82) is 0 Å². The molecule has 2 unspecified atom stereocenters. The first-order valence-electron chi connectivity index (χ1n) is 19.6. The van der Waals surface area contributed by atoms with Crippen molar-refractivity contribution in [2.24, 2.45) is 0 Å². The van der Waals surface area contributed by atoms with Gasteiger partial charge >= 0.3 is 0 Å². The molecule has 1 amide bonds. The fraction of sp³-hybridized carbons (Fsp3) is 0.875. The van der Waals surface area contributed by atoms with Crippen molar-refractivity contribution in [3.63, 3.8) is 0 Å². The zero-order valence-electron chi connectivity index (χ0n) is 29.7. The van der Waals surface area contributed by atoms with Crippen LogP contribution in [0.1, 0.15) is 206 Å². The zero-order chi connectivity index (χ0) is 32.2. The van der Waals surface area contributed by atoms with Crippen LogP contribution in [0.4, 0.5) is 0 Å². The van der Waals surface area contributed by atoms with Gasteiger partial charge in [-0.2, -0.15) is 0 Å². The second-order valence-corrected chi connectivity index (χ2v) is 13.3. The number of amides is 1. The topological polar surface area (TPSA) is 69.6 Å². The van der Waals surface area contributed by atoms with Crippen LogP contribution < -0.4 is 5.32 Å². The van der Waals surface area contributed by atoms with Gasteiger partial charge in [0, 0.05) is 6.42 Å². The first kappa shape index (κ1) is 42.9. The largest absolute Gasteiger partial charge is 0.394 e. The van der Waals surface area contributed by atoms with Crippen molar-refractivity contribution in [2.75, 3.05) is 6.61 Å². The van der Waals surface area contributed by atoms with E-state index in [0.29, 0.717) is 6.42 Å². The van der Waals surface area contributed by atoms with Gasteiger partial charge in [0.05, 0.1) is 18.8 Å². The van der Waals surface area contributed by atoms with Crippen molar-refractivity contribution < 1.29 is 15.0 Å². The molecule has 0 heterocycles. The molecule has 0 aliphatic rings. The number of hydrogen-bond donors (Lipinski definition) is 3. The predicted octanol–water partition coefficient (Wildman–Crippen LogP) is 11.7. The Morgan fingerprint density at radius 1 is 0.523 bits per heavy atom. The summed E-state index contributed by atoms with van der Waals surface area (Å²) in [6, 6.07) is -0.623. The normalized spacial score (nSPS) is 13.3. The fourth-order valence-corrected chi connectivity index (χ4v) is 5.86. The number of hydrogen-bond acceptors (Lipinski definition) is 3. The average Bonchev–Trinajstić information content (AvgIpc) is 3.03. The summed E-state index contributed by atoms with van der Waals surface area (Å²) in [5.41, 5.74) is 0. The number of aliphatic hydroxyl groups excluding tert-OH is 2. The summed E-state index contributed by atoms with van der Waals surface area (Å²) in [5.74, 6) is -0.0787. The Kier molecular flexibility index (Phi) is 35.4. The van der Waals surface area contributed by atoms with Crippen LogP contribution in [0.3, 0.4) is 0 Å². The van der Waals surface area contributed by atoms with Crippen LogP contribution in [-0.2, 0) is 4.79 Å². The Morgan fingerprint density at radius 2 is 0.886 bits per heavy atom. The number of aliphatic hydroxyl groups is 2. The zero-order valence-corrected chi connectivity index (χ0v) is 29.7. The molecule has 4 nitrogen and oxygen atoms in total. The van der Waals surface area contributed by atoms with Gasteiger partial charge in [0.2, 0.25) is 5.91 Å². The lowest BCUT2D eigenvalue weighted by atomic mass is 10.0. The number of rotatable bonds is 35. The van der Waals surface area contributed by atoms with Gasteiger partial charge in [-0.25, -0.2) is 0 Å². The summed E-state index contributed by atoms with van der Waals surface area (Å²) in [4.78, 5) is 12.3. The second-order valence-electron chi connectivity index (χ2n) is 13.3. The summed E-state index contributed by atoms with van der Waals surface area (Å²) < 4.78 is 0. The van der Waals surface area contributed by atoms with Crippen LogP contribution in [0.2, 0.25) is 0 Å². The Morgan fingerprint density at radius 3 is 1.32 bits per heavy atom. The van der Waals surface area contributed by atoms with Crippen LogP contribution in [0.15, 0.2) is 24.3 Å². The molecule has 0 rings (SSSR count). The molecule has 44 heavy (non-hydrogen) atoms. The summed E-state index contributed by atoms with van der Waals surface area (Å²) in [6.45, 7) is 4.26. The van der Waals surface area contributed by atoms with Crippen LogP contribution in [0, 0.1) is 0 Å². The van der Waals surface area contributed by atoms with Crippen molar-refractivity contribution in [2.45, 2.75) is 219 Å². The molecule has 0 saturated carbocycles. The first-order chi connectivity index (χ1) is 21.7. The summed E-state index contributed by atoms with van der Waals surface area (Å²) in [5, 5.41) is 22.9. The van der Waals surface area contributed by atoms with Crippen LogP contribution >= 0.6 is 0 Å². The van der Waals surface area contributed by atoms with E-state index < -0.39 is 12.1 Å². The molecule has 0 aliphatic heterocycles. The third kappa shape index (κ3) is 32.3. The van der Waals surface area contributed by atoms with E-state index in [1.807, 2.05) is 6.08 Å². The highest BCUT2D eigenvalue weighted by Gasteiger charge is 2.17. The molecule has 2 atom stereocenters. The quantitative estimate of drug-likeness (QED) is 0.0488. The molecule has 260 valence electrons. The molecule has 0 bridgehead atoms.